The Hall–Kier alpha value is -1.62. The van der Waals surface area contributed by atoms with E-state index in [1.54, 1.807) is 6.20 Å². The Bertz CT molecular complexity index is 410. The summed E-state index contributed by atoms with van der Waals surface area (Å²) in [6, 6.07) is 3.93. The lowest BCUT2D eigenvalue weighted by Gasteiger charge is -2.16. The van der Waals surface area contributed by atoms with Crippen molar-refractivity contribution in [3.05, 3.63) is 18.3 Å². The van der Waals surface area contributed by atoms with E-state index in [2.05, 4.69) is 15.2 Å². The molecule has 2 heterocycles. The van der Waals surface area contributed by atoms with Gasteiger partial charge >= 0.3 is 0 Å². The predicted molar refractivity (Wildman–Crippen MR) is 77.2 cm³/mol. The van der Waals surface area contributed by atoms with Crippen molar-refractivity contribution >= 4 is 17.4 Å². The number of anilines is 2. The van der Waals surface area contributed by atoms with Crippen molar-refractivity contribution in [3.63, 3.8) is 0 Å². The van der Waals surface area contributed by atoms with E-state index < -0.39 is 0 Å². The van der Waals surface area contributed by atoms with Crippen LogP contribution >= 0.6 is 0 Å². The van der Waals surface area contributed by atoms with E-state index in [1.165, 1.54) is 12.8 Å². The van der Waals surface area contributed by atoms with E-state index in [1.807, 2.05) is 19.1 Å². The summed E-state index contributed by atoms with van der Waals surface area (Å²) in [5, 5.41) is 2.84. The number of nitrogens with one attached hydrogen (secondary N) is 1. The SMILES string of the molecule is CC(N)CCC(=O)Nc1ccc(N2CCCC2)nc1. The fourth-order valence-corrected chi connectivity index (χ4v) is 2.18. The second kappa shape index (κ2) is 6.52. The van der Waals surface area contributed by atoms with E-state index in [9.17, 15) is 4.79 Å². The maximum Gasteiger partial charge on any atom is 0.224 e. The molecule has 5 nitrogen and oxygen atoms in total. The quantitative estimate of drug-likeness (QED) is 0.848. The standard InChI is InChI=1S/C14H22N4O/c1-11(15)4-7-14(19)17-12-5-6-13(16-10-12)18-8-2-3-9-18/h5-6,10-11H,2-4,7-9,15H2,1H3,(H,17,19). The Morgan fingerprint density at radius 1 is 1.47 bits per heavy atom. The van der Waals surface area contributed by atoms with Crippen LogP contribution in [0.2, 0.25) is 0 Å². The maximum atomic E-state index is 11.7. The first-order valence-electron chi connectivity index (χ1n) is 6.91. The summed E-state index contributed by atoms with van der Waals surface area (Å²) in [5.74, 6) is 0.985. The van der Waals surface area contributed by atoms with Crippen LogP contribution in [-0.4, -0.2) is 30.0 Å². The highest BCUT2D eigenvalue weighted by Crippen LogP contribution is 2.19. The summed E-state index contributed by atoms with van der Waals surface area (Å²) in [4.78, 5) is 18.3. The van der Waals surface area contributed by atoms with Crippen molar-refractivity contribution in [1.82, 2.24) is 4.98 Å². The molecule has 19 heavy (non-hydrogen) atoms. The lowest BCUT2D eigenvalue weighted by Crippen LogP contribution is -2.20. The molecule has 0 bridgehead atoms. The summed E-state index contributed by atoms with van der Waals surface area (Å²) in [5.41, 5.74) is 6.37. The van der Waals surface area contributed by atoms with Crippen molar-refractivity contribution in [2.75, 3.05) is 23.3 Å². The van der Waals surface area contributed by atoms with Gasteiger partial charge in [0.05, 0.1) is 11.9 Å². The van der Waals surface area contributed by atoms with Gasteiger partial charge in [-0.15, -0.1) is 0 Å². The Kier molecular flexibility index (Phi) is 4.74. The minimum atomic E-state index is -0.00646. The van der Waals surface area contributed by atoms with Crippen molar-refractivity contribution in [2.24, 2.45) is 5.73 Å². The number of hydrogen-bond donors (Lipinski definition) is 2. The van der Waals surface area contributed by atoms with Gasteiger partial charge < -0.3 is 16.0 Å². The fraction of sp³-hybridized carbons (Fsp3) is 0.571. The third kappa shape index (κ3) is 4.21. The number of pyridine rings is 1. The molecule has 1 aromatic rings. The molecule has 1 unspecified atom stereocenters. The summed E-state index contributed by atoms with van der Waals surface area (Å²) in [7, 11) is 0. The Morgan fingerprint density at radius 2 is 2.21 bits per heavy atom. The zero-order valence-electron chi connectivity index (χ0n) is 11.4. The Labute approximate surface area is 114 Å². The molecule has 104 valence electrons. The number of carbonyl (C=O) groups excluding carboxylic acids is 1. The molecule has 0 aliphatic carbocycles. The van der Waals surface area contributed by atoms with Gasteiger partial charge in [-0.05, 0) is 38.3 Å². The zero-order chi connectivity index (χ0) is 13.7. The van der Waals surface area contributed by atoms with Gasteiger partial charge in [0.2, 0.25) is 5.91 Å². The third-order valence-electron chi connectivity index (χ3n) is 3.29. The largest absolute Gasteiger partial charge is 0.357 e. The van der Waals surface area contributed by atoms with Gasteiger partial charge in [0, 0.05) is 25.6 Å². The van der Waals surface area contributed by atoms with Crippen LogP contribution in [0.15, 0.2) is 18.3 Å². The van der Waals surface area contributed by atoms with Gasteiger partial charge in [-0.3, -0.25) is 4.79 Å². The average Bonchev–Trinajstić information content (AvgIpc) is 2.91. The normalized spacial score (nSPS) is 16.4. The van der Waals surface area contributed by atoms with Gasteiger partial charge in [0.15, 0.2) is 0 Å². The van der Waals surface area contributed by atoms with Crippen molar-refractivity contribution in [2.45, 2.75) is 38.6 Å². The van der Waals surface area contributed by atoms with Crippen LogP contribution in [0.4, 0.5) is 11.5 Å². The minimum Gasteiger partial charge on any atom is -0.357 e. The lowest BCUT2D eigenvalue weighted by molar-refractivity contribution is -0.116. The number of rotatable bonds is 5. The van der Waals surface area contributed by atoms with Crippen LogP contribution in [0, 0.1) is 0 Å². The molecule has 1 amide bonds. The predicted octanol–water partition coefficient (Wildman–Crippen LogP) is 1.75. The average molecular weight is 262 g/mol. The van der Waals surface area contributed by atoms with E-state index in [0.717, 1.165) is 24.6 Å². The van der Waals surface area contributed by atoms with Crippen molar-refractivity contribution in [1.29, 1.82) is 0 Å². The molecule has 0 radical (unpaired) electrons. The first-order chi connectivity index (χ1) is 9.15. The highest BCUT2D eigenvalue weighted by Gasteiger charge is 2.13. The van der Waals surface area contributed by atoms with Gasteiger partial charge in [-0.25, -0.2) is 4.98 Å². The first-order valence-corrected chi connectivity index (χ1v) is 6.91. The van der Waals surface area contributed by atoms with Gasteiger partial charge in [-0.1, -0.05) is 0 Å². The molecule has 1 aromatic heterocycles. The number of carbonyl (C=O) groups is 1. The molecule has 1 atom stereocenters. The number of nitrogens with two attached hydrogens (primary N) is 1. The van der Waals surface area contributed by atoms with Crippen LogP contribution < -0.4 is 16.0 Å². The van der Waals surface area contributed by atoms with Crippen LogP contribution in [0.3, 0.4) is 0 Å². The molecule has 0 aromatic carbocycles. The Morgan fingerprint density at radius 3 is 2.79 bits per heavy atom. The van der Waals surface area contributed by atoms with Crippen LogP contribution in [-0.2, 0) is 4.79 Å². The Balaban J connectivity index is 1.86. The fourth-order valence-electron chi connectivity index (χ4n) is 2.18. The molecule has 1 saturated heterocycles. The number of aromatic nitrogens is 1. The van der Waals surface area contributed by atoms with Gasteiger partial charge in [0.25, 0.3) is 0 Å². The van der Waals surface area contributed by atoms with Crippen LogP contribution in [0.1, 0.15) is 32.6 Å². The molecular formula is C14H22N4O. The highest BCUT2D eigenvalue weighted by atomic mass is 16.1. The number of hydrogen-bond acceptors (Lipinski definition) is 4. The summed E-state index contributed by atoms with van der Waals surface area (Å²) < 4.78 is 0. The second-order valence-electron chi connectivity index (χ2n) is 5.16. The van der Waals surface area contributed by atoms with E-state index in [4.69, 9.17) is 5.73 Å². The van der Waals surface area contributed by atoms with Gasteiger partial charge in [0.1, 0.15) is 5.82 Å². The van der Waals surface area contributed by atoms with Crippen LogP contribution in [0.25, 0.3) is 0 Å². The maximum absolute atomic E-state index is 11.7. The monoisotopic (exact) mass is 262 g/mol. The van der Waals surface area contributed by atoms with Crippen molar-refractivity contribution in [3.8, 4) is 0 Å². The van der Waals surface area contributed by atoms with Gasteiger partial charge in [-0.2, -0.15) is 0 Å². The van der Waals surface area contributed by atoms with Crippen LogP contribution in [0.5, 0.6) is 0 Å². The van der Waals surface area contributed by atoms with E-state index >= 15 is 0 Å². The summed E-state index contributed by atoms with van der Waals surface area (Å²) >= 11 is 0. The topological polar surface area (TPSA) is 71.2 Å². The second-order valence-corrected chi connectivity index (χ2v) is 5.16. The molecule has 1 aliphatic rings. The molecule has 0 saturated carbocycles. The number of amides is 1. The molecule has 0 spiro atoms. The first kappa shape index (κ1) is 13.8. The smallest absolute Gasteiger partial charge is 0.224 e. The summed E-state index contributed by atoms with van der Waals surface area (Å²) in [6.07, 6.45) is 5.34. The van der Waals surface area contributed by atoms with E-state index in [-0.39, 0.29) is 11.9 Å². The minimum absolute atomic E-state index is 0.00646. The number of nitrogens with zero attached hydrogens (tertiary/aromatic N) is 2. The molecule has 5 heteroatoms. The third-order valence-corrected chi connectivity index (χ3v) is 3.29. The molecule has 2 rings (SSSR count). The lowest BCUT2D eigenvalue weighted by atomic mass is 10.2. The van der Waals surface area contributed by atoms with E-state index in [0.29, 0.717) is 12.8 Å². The molecule has 1 fully saturated rings. The molecule has 3 N–H and O–H groups in total. The summed E-state index contributed by atoms with van der Waals surface area (Å²) in [6.45, 7) is 4.06. The zero-order valence-corrected chi connectivity index (χ0v) is 11.4. The highest BCUT2D eigenvalue weighted by molar-refractivity contribution is 5.90. The molecular weight excluding hydrogens is 240 g/mol. The van der Waals surface area contributed by atoms with Crippen molar-refractivity contribution < 1.29 is 4.79 Å². The molecule has 1 aliphatic heterocycles.